The number of rotatable bonds is 4. The van der Waals surface area contributed by atoms with Crippen molar-refractivity contribution >= 4 is 17.4 Å². The molecular weight excluding hydrogens is 206 g/mol. The second-order valence-electron chi connectivity index (χ2n) is 3.89. The van der Waals surface area contributed by atoms with Crippen LogP contribution in [0.3, 0.4) is 0 Å². The monoisotopic (exact) mass is 225 g/mol. The molecule has 1 rings (SSSR count). The fraction of sp³-hybridized carbons (Fsp3) is 0.500. The molecule has 0 fully saturated rings. The van der Waals surface area contributed by atoms with Gasteiger partial charge in [0.1, 0.15) is 0 Å². The summed E-state index contributed by atoms with van der Waals surface area (Å²) in [7, 11) is 0. The molecule has 0 saturated heterocycles. The maximum Gasteiger partial charge on any atom is 0.0628 e. The van der Waals surface area contributed by atoms with Gasteiger partial charge in [0.2, 0.25) is 0 Å². The second kappa shape index (κ2) is 5.42. The Hall–Kier alpha value is -0.670. The number of aliphatic hydroxyl groups excluding tert-OH is 1. The first-order valence-corrected chi connectivity index (χ1v) is 6.14. The highest BCUT2D eigenvalue weighted by molar-refractivity contribution is 8.00. The van der Waals surface area contributed by atoms with Gasteiger partial charge in [-0.1, -0.05) is 19.1 Å². The first-order valence-electron chi connectivity index (χ1n) is 5.19. The van der Waals surface area contributed by atoms with Crippen LogP contribution in [0.25, 0.3) is 0 Å². The van der Waals surface area contributed by atoms with E-state index < -0.39 is 0 Å². The Balaban J connectivity index is 2.64. The predicted octanol–water partition coefficient (Wildman–Crippen LogP) is 2.83. The molecule has 0 heterocycles. The number of thioether (sulfide) groups is 1. The summed E-state index contributed by atoms with van der Waals surface area (Å²) in [5, 5.41) is 10.0. The van der Waals surface area contributed by atoms with Crippen LogP contribution < -0.4 is 5.73 Å². The van der Waals surface area contributed by atoms with Gasteiger partial charge in [-0.05, 0) is 31.5 Å². The first-order chi connectivity index (χ1) is 7.00. The van der Waals surface area contributed by atoms with E-state index in [1.807, 2.05) is 32.0 Å². The highest BCUT2D eigenvalue weighted by Crippen LogP contribution is 2.33. The largest absolute Gasteiger partial charge is 0.399 e. The summed E-state index contributed by atoms with van der Waals surface area (Å²) in [6, 6.07) is 7.92. The summed E-state index contributed by atoms with van der Waals surface area (Å²) in [6.45, 7) is 6.00. The van der Waals surface area contributed by atoms with Gasteiger partial charge in [-0.25, -0.2) is 0 Å². The summed E-state index contributed by atoms with van der Waals surface area (Å²) in [5.41, 5.74) is 7.74. The molecule has 3 atom stereocenters. The minimum absolute atomic E-state index is 0.237. The molecule has 1 aromatic rings. The molecule has 0 aliphatic carbocycles. The molecule has 0 aromatic heterocycles. The first kappa shape index (κ1) is 12.4. The lowest BCUT2D eigenvalue weighted by Crippen LogP contribution is -2.16. The lowest BCUT2D eigenvalue weighted by molar-refractivity contribution is 0.196. The van der Waals surface area contributed by atoms with Crippen LogP contribution in [0.5, 0.6) is 0 Å². The topological polar surface area (TPSA) is 46.2 Å². The Morgan fingerprint density at radius 3 is 2.47 bits per heavy atom. The number of hydrogen-bond donors (Lipinski definition) is 2. The van der Waals surface area contributed by atoms with Gasteiger partial charge in [0.05, 0.1) is 6.10 Å². The van der Waals surface area contributed by atoms with Gasteiger partial charge in [-0.15, -0.1) is 11.8 Å². The second-order valence-corrected chi connectivity index (χ2v) is 5.62. The van der Waals surface area contributed by atoms with Gasteiger partial charge < -0.3 is 10.8 Å². The van der Waals surface area contributed by atoms with E-state index in [-0.39, 0.29) is 11.4 Å². The van der Waals surface area contributed by atoms with Crippen LogP contribution >= 0.6 is 11.8 Å². The third-order valence-electron chi connectivity index (χ3n) is 2.48. The van der Waals surface area contributed by atoms with E-state index in [9.17, 15) is 5.11 Å². The summed E-state index contributed by atoms with van der Waals surface area (Å²) < 4.78 is 0. The van der Waals surface area contributed by atoms with E-state index in [2.05, 4.69) is 13.0 Å². The van der Waals surface area contributed by atoms with Gasteiger partial charge in [0, 0.05) is 16.2 Å². The van der Waals surface area contributed by atoms with Crippen LogP contribution in [0.2, 0.25) is 0 Å². The smallest absolute Gasteiger partial charge is 0.0628 e. The van der Waals surface area contributed by atoms with Crippen molar-refractivity contribution in [3.63, 3.8) is 0 Å². The Bertz CT molecular complexity index is 314. The van der Waals surface area contributed by atoms with Crippen molar-refractivity contribution in [2.45, 2.75) is 37.4 Å². The molecule has 15 heavy (non-hydrogen) atoms. The number of nitrogens with two attached hydrogens (primary N) is 1. The van der Waals surface area contributed by atoms with E-state index in [1.165, 1.54) is 5.56 Å². The molecule has 0 radical (unpaired) electrons. The van der Waals surface area contributed by atoms with E-state index in [1.54, 1.807) is 11.8 Å². The standard InChI is InChI=1S/C12H19NOS/c1-8(14)9(2)15-10(3)11-5-4-6-12(13)7-11/h4-10,14H,13H2,1-3H3. The van der Waals surface area contributed by atoms with Gasteiger partial charge >= 0.3 is 0 Å². The van der Waals surface area contributed by atoms with Crippen LogP contribution in [0.1, 0.15) is 31.6 Å². The molecule has 84 valence electrons. The number of anilines is 1. The molecule has 0 bridgehead atoms. The molecule has 2 nitrogen and oxygen atoms in total. The van der Waals surface area contributed by atoms with Crippen molar-refractivity contribution in [2.24, 2.45) is 0 Å². The van der Waals surface area contributed by atoms with E-state index in [0.29, 0.717) is 5.25 Å². The van der Waals surface area contributed by atoms with E-state index in [0.717, 1.165) is 5.69 Å². The predicted molar refractivity (Wildman–Crippen MR) is 68.0 cm³/mol. The third-order valence-corrected chi connectivity index (χ3v) is 3.98. The van der Waals surface area contributed by atoms with E-state index in [4.69, 9.17) is 5.73 Å². The average molecular weight is 225 g/mol. The molecule has 0 aliphatic rings. The van der Waals surface area contributed by atoms with Gasteiger partial charge in [0.15, 0.2) is 0 Å². The lowest BCUT2D eigenvalue weighted by atomic mass is 10.1. The number of hydrogen-bond acceptors (Lipinski definition) is 3. The molecule has 0 spiro atoms. The number of nitrogen functional groups attached to an aromatic ring is 1. The number of aliphatic hydroxyl groups is 1. The van der Waals surface area contributed by atoms with Crippen LogP contribution in [-0.2, 0) is 0 Å². The third kappa shape index (κ3) is 3.76. The zero-order valence-corrected chi connectivity index (χ0v) is 10.3. The molecule has 3 unspecified atom stereocenters. The van der Waals surface area contributed by atoms with Crippen LogP contribution in [-0.4, -0.2) is 16.5 Å². The summed E-state index contributed by atoms with van der Waals surface area (Å²) in [4.78, 5) is 0. The summed E-state index contributed by atoms with van der Waals surface area (Å²) in [5.74, 6) is 0. The Labute approximate surface area is 95.9 Å². The highest BCUT2D eigenvalue weighted by Gasteiger charge is 2.14. The summed E-state index contributed by atoms with van der Waals surface area (Å²) in [6.07, 6.45) is -0.279. The molecule has 0 saturated carbocycles. The Morgan fingerprint density at radius 1 is 1.27 bits per heavy atom. The van der Waals surface area contributed by atoms with Crippen molar-refractivity contribution in [3.05, 3.63) is 29.8 Å². The SMILES string of the molecule is CC(SC(C)C(C)O)c1cccc(N)c1. The molecular formula is C12H19NOS. The van der Waals surface area contributed by atoms with Crippen molar-refractivity contribution in [3.8, 4) is 0 Å². The Kier molecular flexibility index (Phi) is 4.48. The van der Waals surface area contributed by atoms with Crippen molar-refractivity contribution < 1.29 is 5.11 Å². The van der Waals surface area contributed by atoms with Crippen molar-refractivity contribution in [2.75, 3.05) is 5.73 Å². The van der Waals surface area contributed by atoms with Gasteiger partial charge in [-0.3, -0.25) is 0 Å². The fourth-order valence-electron chi connectivity index (χ4n) is 1.33. The maximum absolute atomic E-state index is 9.43. The Morgan fingerprint density at radius 2 is 1.93 bits per heavy atom. The number of benzene rings is 1. The maximum atomic E-state index is 9.43. The van der Waals surface area contributed by atoms with Crippen molar-refractivity contribution in [1.29, 1.82) is 0 Å². The lowest BCUT2D eigenvalue weighted by Gasteiger charge is -2.19. The molecule has 3 N–H and O–H groups in total. The zero-order valence-electron chi connectivity index (χ0n) is 9.47. The normalized spacial score (nSPS) is 17.1. The zero-order chi connectivity index (χ0) is 11.4. The van der Waals surface area contributed by atoms with Crippen molar-refractivity contribution in [1.82, 2.24) is 0 Å². The molecule has 0 aliphatic heterocycles. The highest BCUT2D eigenvalue weighted by atomic mass is 32.2. The van der Waals surface area contributed by atoms with Crippen LogP contribution in [0, 0.1) is 0 Å². The fourth-order valence-corrected chi connectivity index (χ4v) is 2.50. The minimum Gasteiger partial charge on any atom is -0.399 e. The molecule has 3 heteroatoms. The quantitative estimate of drug-likeness (QED) is 0.775. The van der Waals surface area contributed by atoms with E-state index >= 15 is 0 Å². The van der Waals surface area contributed by atoms with Crippen LogP contribution in [0.4, 0.5) is 5.69 Å². The molecule has 0 amide bonds. The van der Waals surface area contributed by atoms with Crippen LogP contribution in [0.15, 0.2) is 24.3 Å². The van der Waals surface area contributed by atoms with Gasteiger partial charge in [-0.2, -0.15) is 0 Å². The van der Waals surface area contributed by atoms with Gasteiger partial charge in [0.25, 0.3) is 0 Å². The average Bonchev–Trinajstić information content (AvgIpc) is 2.17. The minimum atomic E-state index is -0.279. The summed E-state index contributed by atoms with van der Waals surface area (Å²) >= 11 is 1.76. The molecule has 1 aromatic carbocycles.